The number of sulfonamides is 1. The van der Waals surface area contributed by atoms with Crippen LogP contribution in [0.25, 0.3) is 0 Å². The van der Waals surface area contributed by atoms with Crippen molar-refractivity contribution in [1.29, 1.82) is 0 Å². The second-order valence-corrected chi connectivity index (χ2v) is 8.36. The third kappa shape index (κ3) is 5.70. The van der Waals surface area contributed by atoms with Crippen LogP contribution in [0, 0.1) is 0 Å². The van der Waals surface area contributed by atoms with Crippen LogP contribution in [-0.4, -0.2) is 41.3 Å². The van der Waals surface area contributed by atoms with Crippen LogP contribution in [-0.2, 0) is 21.0 Å². The smallest absolute Gasteiger partial charge is 0.416 e. The summed E-state index contributed by atoms with van der Waals surface area (Å²) in [5, 5.41) is 2.08. The van der Waals surface area contributed by atoms with Gasteiger partial charge in [0, 0.05) is 6.07 Å². The van der Waals surface area contributed by atoms with Gasteiger partial charge in [-0.2, -0.15) is 13.2 Å². The first-order valence-corrected chi connectivity index (χ1v) is 10.5. The van der Waals surface area contributed by atoms with Gasteiger partial charge in [-0.3, -0.25) is 9.10 Å². The zero-order valence-corrected chi connectivity index (χ0v) is 17.7. The number of alkyl halides is 3. The number of rotatable bonds is 7. The molecule has 12 heteroatoms. The Morgan fingerprint density at radius 2 is 1.73 bits per heavy atom. The number of carbonyl (C=O) groups is 1. The van der Waals surface area contributed by atoms with Crippen molar-refractivity contribution in [2.24, 2.45) is 0 Å². The lowest BCUT2D eigenvalue weighted by Gasteiger charge is -2.23. The monoisotopic (exact) mass is 466 g/mol. The molecule has 164 valence electrons. The number of methoxy groups -OCH3 is 2. The molecule has 0 unspecified atom stereocenters. The van der Waals surface area contributed by atoms with E-state index in [0.717, 1.165) is 22.7 Å². The number of ether oxygens (including phenoxy) is 2. The van der Waals surface area contributed by atoms with Gasteiger partial charge in [-0.1, -0.05) is 11.6 Å². The van der Waals surface area contributed by atoms with Crippen molar-refractivity contribution in [2.45, 2.75) is 6.18 Å². The molecule has 2 aromatic carbocycles. The van der Waals surface area contributed by atoms with Crippen LogP contribution in [0.5, 0.6) is 11.5 Å². The van der Waals surface area contributed by atoms with E-state index in [1.807, 2.05) is 0 Å². The predicted molar refractivity (Wildman–Crippen MR) is 107 cm³/mol. The molecule has 2 aromatic rings. The molecule has 0 saturated carbocycles. The highest BCUT2D eigenvalue weighted by Crippen LogP contribution is 2.34. The fraction of sp³-hybridized carbons (Fsp3) is 0.278. The SMILES string of the molecule is COc1ccc(N(CC(=O)Nc2cc(C(F)(F)F)ccc2Cl)S(C)(=O)=O)cc1OC. The molecule has 0 aliphatic carbocycles. The second-order valence-electron chi connectivity index (χ2n) is 6.05. The molecule has 7 nitrogen and oxygen atoms in total. The standard InChI is InChI=1S/C18H18ClF3N2O5S/c1-28-15-7-5-12(9-16(15)29-2)24(30(3,26)27)10-17(25)23-14-8-11(18(20,21)22)4-6-13(14)19/h4-9H,10H2,1-3H3,(H,23,25). The minimum atomic E-state index is -4.64. The molecule has 1 amide bonds. The third-order valence-corrected chi connectivity index (χ3v) is 5.38. The van der Waals surface area contributed by atoms with E-state index in [-0.39, 0.29) is 22.1 Å². The van der Waals surface area contributed by atoms with Crippen LogP contribution in [0.15, 0.2) is 36.4 Å². The lowest BCUT2D eigenvalue weighted by atomic mass is 10.2. The summed E-state index contributed by atoms with van der Waals surface area (Å²) in [7, 11) is -1.17. The largest absolute Gasteiger partial charge is 0.493 e. The molecular weight excluding hydrogens is 449 g/mol. The van der Waals surface area contributed by atoms with Gasteiger partial charge in [-0.15, -0.1) is 0 Å². The van der Waals surface area contributed by atoms with Crippen molar-refractivity contribution >= 4 is 38.9 Å². The average molecular weight is 467 g/mol. The number of hydrogen-bond acceptors (Lipinski definition) is 5. The van der Waals surface area contributed by atoms with Gasteiger partial charge in [0.2, 0.25) is 15.9 Å². The van der Waals surface area contributed by atoms with E-state index in [1.54, 1.807) is 0 Å². The highest BCUT2D eigenvalue weighted by molar-refractivity contribution is 7.92. The summed E-state index contributed by atoms with van der Waals surface area (Å²) in [6, 6.07) is 6.62. The summed E-state index contributed by atoms with van der Waals surface area (Å²) in [6.07, 6.45) is -3.75. The Kier molecular flexibility index (Phi) is 7.09. The van der Waals surface area contributed by atoms with Crippen LogP contribution >= 0.6 is 11.6 Å². The molecule has 0 saturated heterocycles. The first-order chi connectivity index (χ1) is 13.9. The van der Waals surface area contributed by atoms with Crippen LogP contribution in [0.1, 0.15) is 5.56 Å². The van der Waals surface area contributed by atoms with Gasteiger partial charge in [-0.05, 0) is 30.3 Å². The Bertz CT molecular complexity index is 1040. The van der Waals surface area contributed by atoms with E-state index in [9.17, 15) is 26.4 Å². The molecule has 30 heavy (non-hydrogen) atoms. The van der Waals surface area contributed by atoms with Gasteiger partial charge < -0.3 is 14.8 Å². The maximum absolute atomic E-state index is 12.9. The predicted octanol–water partition coefficient (Wildman–Crippen LogP) is 3.78. The zero-order valence-electron chi connectivity index (χ0n) is 16.1. The number of hydrogen-bond donors (Lipinski definition) is 1. The molecule has 0 aliphatic rings. The minimum absolute atomic E-state index is 0.0976. The average Bonchev–Trinajstić information content (AvgIpc) is 2.65. The Labute approximate surface area is 176 Å². The van der Waals surface area contributed by atoms with Crippen molar-refractivity contribution in [3.05, 3.63) is 47.0 Å². The normalized spacial score (nSPS) is 11.7. The van der Waals surface area contributed by atoms with Crippen molar-refractivity contribution in [1.82, 2.24) is 0 Å². The fourth-order valence-electron chi connectivity index (χ4n) is 2.50. The number of benzene rings is 2. The number of amides is 1. The molecule has 0 radical (unpaired) electrons. The van der Waals surface area contributed by atoms with Crippen LogP contribution in [0.2, 0.25) is 5.02 Å². The molecule has 0 aromatic heterocycles. The van der Waals surface area contributed by atoms with E-state index < -0.39 is 34.2 Å². The molecule has 0 spiro atoms. The highest BCUT2D eigenvalue weighted by atomic mass is 35.5. The third-order valence-electron chi connectivity index (χ3n) is 3.91. The van der Waals surface area contributed by atoms with Crippen LogP contribution < -0.4 is 19.1 Å². The summed E-state index contributed by atoms with van der Waals surface area (Å²) in [5.74, 6) is -0.323. The topological polar surface area (TPSA) is 84.9 Å². The van der Waals surface area contributed by atoms with E-state index >= 15 is 0 Å². The van der Waals surface area contributed by atoms with Gasteiger partial charge in [0.25, 0.3) is 0 Å². The molecule has 0 aliphatic heterocycles. The van der Waals surface area contributed by atoms with Gasteiger partial charge >= 0.3 is 6.18 Å². The van der Waals surface area contributed by atoms with E-state index in [2.05, 4.69) is 5.32 Å². The summed E-state index contributed by atoms with van der Waals surface area (Å²) in [5.41, 5.74) is -1.21. The summed E-state index contributed by atoms with van der Waals surface area (Å²) < 4.78 is 74.1. The second kappa shape index (κ2) is 9.00. The first kappa shape index (κ1) is 23.6. The summed E-state index contributed by atoms with van der Waals surface area (Å²) in [4.78, 5) is 12.4. The molecular formula is C18H18ClF3N2O5S. The quantitative estimate of drug-likeness (QED) is 0.671. The van der Waals surface area contributed by atoms with Crippen molar-refractivity contribution in [3.8, 4) is 11.5 Å². The fourth-order valence-corrected chi connectivity index (χ4v) is 3.51. The van der Waals surface area contributed by atoms with Crippen LogP contribution in [0.4, 0.5) is 24.5 Å². The molecule has 0 heterocycles. The lowest BCUT2D eigenvalue weighted by molar-refractivity contribution is -0.137. The number of nitrogens with one attached hydrogen (secondary N) is 1. The lowest BCUT2D eigenvalue weighted by Crippen LogP contribution is -2.37. The summed E-state index contributed by atoms with van der Waals surface area (Å²) >= 11 is 5.86. The van der Waals surface area contributed by atoms with Gasteiger partial charge in [0.15, 0.2) is 11.5 Å². The van der Waals surface area contributed by atoms with Crippen molar-refractivity contribution in [3.63, 3.8) is 0 Å². The minimum Gasteiger partial charge on any atom is -0.493 e. The molecule has 0 atom stereocenters. The molecule has 0 bridgehead atoms. The number of carbonyl (C=O) groups excluding carboxylic acids is 1. The van der Waals surface area contributed by atoms with Gasteiger partial charge in [-0.25, -0.2) is 8.42 Å². The van der Waals surface area contributed by atoms with E-state index in [0.29, 0.717) is 11.8 Å². The number of anilines is 2. The van der Waals surface area contributed by atoms with E-state index in [1.165, 1.54) is 32.4 Å². The number of nitrogens with zero attached hydrogens (tertiary/aromatic N) is 1. The Hall–Kier alpha value is -2.66. The molecule has 1 N–H and O–H groups in total. The summed E-state index contributed by atoms with van der Waals surface area (Å²) in [6.45, 7) is -0.707. The molecule has 2 rings (SSSR count). The highest BCUT2D eigenvalue weighted by Gasteiger charge is 2.31. The Morgan fingerprint density at radius 3 is 2.27 bits per heavy atom. The maximum atomic E-state index is 12.9. The van der Waals surface area contributed by atoms with Crippen LogP contribution in [0.3, 0.4) is 0 Å². The number of halogens is 4. The Balaban J connectivity index is 2.32. The molecule has 0 fully saturated rings. The van der Waals surface area contributed by atoms with Gasteiger partial charge in [0.05, 0.1) is 42.4 Å². The first-order valence-electron chi connectivity index (χ1n) is 8.23. The van der Waals surface area contributed by atoms with Crippen molar-refractivity contribution in [2.75, 3.05) is 36.6 Å². The van der Waals surface area contributed by atoms with Crippen molar-refractivity contribution < 1.29 is 35.9 Å². The Morgan fingerprint density at radius 1 is 1.10 bits per heavy atom. The van der Waals surface area contributed by atoms with Gasteiger partial charge in [0.1, 0.15) is 6.54 Å². The zero-order chi connectivity index (χ0) is 22.7. The van der Waals surface area contributed by atoms with E-state index in [4.69, 9.17) is 21.1 Å². The maximum Gasteiger partial charge on any atom is 0.416 e.